The minimum atomic E-state index is -1.44. The summed E-state index contributed by atoms with van der Waals surface area (Å²) in [5.41, 5.74) is -0.228. The summed E-state index contributed by atoms with van der Waals surface area (Å²) in [6.45, 7) is 1.67. The average Bonchev–Trinajstić information content (AvgIpc) is 3.45. The van der Waals surface area contributed by atoms with E-state index in [4.69, 9.17) is 21.1 Å². The number of allylic oxidation sites excluding steroid dienone is 2. The molecule has 2 aliphatic carbocycles. The fourth-order valence-corrected chi connectivity index (χ4v) is 8.50. The van der Waals surface area contributed by atoms with Crippen molar-refractivity contribution >= 4 is 52.3 Å². The zero-order valence-electron chi connectivity index (χ0n) is 26.4. The lowest BCUT2D eigenvalue weighted by atomic mass is 9.51. The number of phenols is 1. The Morgan fingerprint density at radius 2 is 1.55 bits per heavy atom. The number of imide groups is 2. The maximum Gasteiger partial charge on any atom is 0.269 e. The number of aromatic hydroxyl groups is 1. The number of rotatable bonds is 6. The summed E-state index contributed by atoms with van der Waals surface area (Å²) in [6.07, 6.45) is 2.06. The van der Waals surface area contributed by atoms with Gasteiger partial charge in [0.1, 0.15) is 5.82 Å². The lowest BCUT2D eigenvalue weighted by Gasteiger charge is -2.49. The number of ether oxygens (including phenoxy) is 2. The van der Waals surface area contributed by atoms with Crippen molar-refractivity contribution in [2.75, 3.05) is 24.0 Å². The van der Waals surface area contributed by atoms with Crippen LogP contribution >= 0.6 is 11.6 Å². The predicted molar refractivity (Wildman–Crippen MR) is 173 cm³/mol. The van der Waals surface area contributed by atoms with Crippen LogP contribution in [0.1, 0.15) is 31.2 Å². The predicted octanol–water partition coefficient (Wildman–Crippen LogP) is 5.55. The molecule has 4 amide bonds. The lowest BCUT2D eigenvalue weighted by Crippen LogP contribution is -2.48. The van der Waals surface area contributed by atoms with Gasteiger partial charge in [-0.1, -0.05) is 23.3 Å². The SMILES string of the molecule is COc1cc([C@H]2C3=CC[C@@H]4C(=O)N(c5ccc([N+](=O)[O-])cc5)C(=O)[C@@H]4[C@@H]3C[C@H]3C(=O)N(c4ccc(F)c(Cl)c4)C(=O)[C@@]23C)cc(OC)c1O. The van der Waals surface area contributed by atoms with Crippen molar-refractivity contribution in [3.05, 3.63) is 92.8 Å². The Morgan fingerprint density at radius 1 is 0.918 bits per heavy atom. The summed E-state index contributed by atoms with van der Waals surface area (Å²) in [7, 11) is 2.72. The highest BCUT2D eigenvalue weighted by molar-refractivity contribution is 6.32. The molecule has 3 aromatic carbocycles. The van der Waals surface area contributed by atoms with Crippen molar-refractivity contribution < 1.29 is 43.1 Å². The molecule has 0 spiro atoms. The largest absolute Gasteiger partial charge is 0.502 e. The number of nitro benzene ring substituents is 1. The van der Waals surface area contributed by atoms with Gasteiger partial charge < -0.3 is 14.6 Å². The number of halogens is 2. The molecule has 0 aromatic heterocycles. The van der Waals surface area contributed by atoms with Crippen LogP contribution in [0.2, 0.25) is 5.02 Å². The fraction of sp³-hybridized carbons (Fsp3) is 0.314. The third kappa shape index (κ3) is 4.55. The summed E-state index contributed by atoms with van der Waals surface area (Å²) in [6, 6.07) is 11.8. The monoisotopic (exact) mass is 689 g/mol. The maximum atomic E-state index is 14.6. The van der Waals surface area contributed by atoms with Crippen molar-refractivity contribution in [3.8, 4) is 17.2 Å². The maximum absolute atomic E-state index is 14.6. The van der Waals surface area contributed by atoms with Gasteiger partial charge in [-0.15, -0.1) is 0 Å². The molecule has 3 fully saturated rings. The summed E-state index contributed by atoms with van der Waals surface area (Å²) in [5, 5.41) is 21.7. The van der Waals surface area contributed by atoms with Gasteiger partial charge in [0.2, 0.25) is 29.4 Å². The van der Waals surface area contributed by atoms with Crippen LogP contribution in [0.3, 0.4) is 0 Å². The highest BCUT2D eigenvalue weighted by Crippen LogP contribution is 2.64. The third-order valence-electron chi connectivity index (χ3n) is 10.6. The molecule has 0 bridgehead atoms. The normalized spacial score (nSPS) is 27.4. The smallest absolute Gasteiger partial charge is 0.269 e. The Labute approximate surface area is 283 Å². The molecular formula is C35H29ClFN3O9. The molecule has 1 N–H and O–H groups in total. The van der Waals surface area contributed by atoms with Gasteiger partial charge in [0.15, 0.2) is 11.5 Å². The van der Waals surface area contributed by atoms with Gasteiger partial charge in [0, 0.05) is 18.1 Å². The first-order chi connectivity index (χ1) is 23.3. The fourth-order valence-electron chi connectivity index (χ4n) is 8.32. The van der Waals surface area contributed by atoms with Crippen molar-refractivity contribution in [1.82, 2.24) is 0 Å². The summed E-state index contributed by atoms with van der Waals surface area (Å²) < 4.78 is 25.0. The highest BCUT2D eigenvalue weighted by Gasteiger charge is 2.67. The molecule has 7 rings (SSSR count). The van der Waals surface area contributed by atoms with E-state index in [9.17, 15) is 38.8 Å². The molecule has 6 atom stereocenters. The molecule has 252 valence electrons. The molecule has 49 heavy (non-hydrogen) atoms. The van der Waals surface area contributed by atoms with Crippen LogP contribution < -0.4 is 19.3 Å². The molecule has 2 heterocycles. The molecule has 1 saturated carbocycles. The number of amides is 4. The Kier molecular flexibility index (Phi) is 7.51. The van der Waals surface area contributed by atoms with E-state index in [0.717, 1.165) is 15.9 Å². The van der Waals surface area contributed by atoms with E-state index in [0.29, 0.717) is 11.1 Å². The van der Waals surface area contributed by atoms with Crippen LogP contribution in [0.15, 0.2) is 66.2 Å². The highest BCUT2D eigenvalue weighted by atomic mass is 35.5. The van der Waals surface area contributed by atoms with Crippen molar-refractivity contribution in [2.45, 2.75) is 25.7 Å². The number of fused-ring (bicyclic) bond motifs is 4. The number of hydrogen-bond donors (Lipinski definition) is 1. The van der Waals surface area contributed by atoms with Gasteiger partial charge in [-0.05, 0) is 73.7 Å². The van der Waals surface area contributed by atoms with E-state index < -0.39 is 69.4 Å². The zero-order chi connectivity index (χ0) is 35.1. The van der Waals surface area contributed by atoms with Crippen LogP contribution in [0.5, 0.6) is 17.2 Å². The molecule has 0 unspecified atom stereocenters. The van der Waals surface area contributed by atoms with E-state index >= 15 is 0 Å². The number of nitrogens with zero attached hydrogens (tertiary/aromatic N) is 3. The van der Waals surface area contributed by atoms with E-state index in [-0.39, 0.29) is 52.2 Å². The Hall–Kier alpha value is -5.30. The summed E-state index contributed by atoms with van der Waals surface area (Å²) >= 11 is 6.07. The van der Waals surface area contributed by atoms with Crippen molar-refractivity contribution in [2.24, 2.45) is 29.1 Å². The van der Waals surface area contributed by atoms with Crippen LogP contribution in [-0.2, 0) is 19.2 Å². The van der Waals surface area contributed by atoms with Crippen LogP contribution in [0, 0.1) is 45.0 Å². The first kappa shape index (κ1) is 32.3. The number of carbonyl (C=O) groups excluding carboxylic acids is 4. The standard InChI is InChI=1S/C35H29ClFN3O9/c1-35-23(32(43)39(34(35)45)19-8-11-25(37)24(36)14-19)15-22-20(29(35)16-12-26(48-2)30(41)27(13-16)49-3)9-10-21-28(22)33(44)38(31(21)42)17-4-6-18(7-5-17)40(46)47/h4-9,11-14,21-23,28-29,41H,10,15H2,1-3H3/t21-,22+,23-,28-,29-,35+/m0/s1. The van der Waals surface area contributed by atoms with Crippen LogP contribution in [0.25, 0.3) is 0 Å². The van der Waals surface area contributed by atoms with Gasteiger partial charge in [0.05, 0.1) is 58.7 Å². The van der Waals surface area contributed by atoms with Gasteiger partial charge in [-0.25, -0.2) is 9.29 Å². The number of anilines is 2. The Bertz CT molecular complexity index is 1990. The number of hydrogen-bond acceptors (Lipinski definition) is 9. The number of carbonyl (C=O) groups is 4. The van der Waals surface area contributed by atoms with Gasteiger partial charge >= 0.3 is 0 Å². The van der Waals surface area contributed by atoms with Gasteiger partial charge in [0.25, 0.3) is 5.69 Å². The quantitative estimate of drug-likeness (QED) is 0.152. The summed E-state index contributed by atoms with van der Waals surface area (Å²) in [4.78, 5) is 69.7. The lowest BCUT2D eigenvalue weighted by molar-refractivity contribution is -0.384. The van der Waals surface area contributed by atoms with E-state index in [2.05, 4.69) is 0 Å². The Morgan fingerprint density at radius 3 is 2.14 bits per heavy atom. The number of nitro groups is 1. The number of phenolic OH excluding ortho intramolecular Hbond substituents is 1. The molecule has 2 saturated heterocycles. The van der Waals surface area contributed by atoms with Crippen LogP contribution in [-0.4, -0.2) is 47.9 Å². The van der Waals surface area contributed by atoms with Gasteiger partial charge in [-0.2, -0.15) is 0 Å². The second kappa shape index (κ2) is 11.4. The topological polar surface area (TPSA) is 157 Å². The molecule has 12 nitrogen and oxygen atoms in total. The van der Waals surface area contributed by atoms with Crippen LogP contribution in [0.4, 0.5) is 21.5 Å². The molecule has 0 radical (unpaired) electrons. The first-order valence-corrected chi connectivity index (χ1v) is 15.8. The van der Waals surface area contributed by atoms with E-state index in [1.807, 2.05) is 6.08 Å². The number of benzene rings is 3. The molecule has 2 aliphatic heterocycles. The zero-order valence-corrected chi connectivity index (χ0v) is 27.1. The molecule has 14 heteroatoms. The average molecular weight is 690 g/mol. The second-order valence-electron chi connectivity index (χ2n) is 12.8. The van der Waals surface area contributed by atoms with Crippen molar-refractivity contribution in [3.63, 3.8) is 0 Å². The number of methoxy groups -OCH3 is 2. The van der Waals surface area contributed by atoms with E-state index in [1.54, 1.807) is 19.1 Å². The molecule has 4 aliphatic rings. The minimum Gasteiger partial charge on any atom is -0.502 e. The summed E-state index contributed by atoms with van der Waals surface area (Å²) in [5.74, 6) is -7.17. The first-order valence-electron chi connectivity index (χ1n) is 15.4. The minimum absolute atomic E-state index is 0.0511. The van der Waals surface area contributed by atoms with Gasteiger partial charge in [-0.3, -0.25) is 34.2 Å². The third-order valence-corrected chi connectivity index (χ3v) is 10.9. The Balaban J connectivity index is 1.38. The number of non-ortho nitro benzene ring substituents is 1. The second-order valence-corrected chi connectivity index (χ2v) is 13.2. The molecule has 3 aromatic rings. The van der Waals surface area contributed by atoms with E-state index in [1.165, 1.54) is 50.6 Å². The molecular weight excluding hydrogens is 661 g/mol. The van der Waals surface area contributed by atoms with Crippen molar-refractivity contribution in [1.29, 1.82) is 0 Å².